The third kappa shape index (κ3) is 6.16. The van der Waals surface area contributed by atoms with Crippen LogP contribution in [0.15, 0.2) is 0 Å². The largest absolute Gasteiger partial charge is 0.377 e. The molecule has 0 radical (unpaired) electrons. The van der Waals surface area contributed by atoms with E-state index in [9.17, 15) is 0 Å². The molecule has 0 saturated carbocycles. The lowest BCUT2D eigenvalue weighted by Crippen LogP contribution is -2.48. The number of hydrogen-bond acceptors (Lipinski definition) is 2. The number of methoxy groups -OCH3 is 1. The second-order valence-corrected chi connectivity index (χ2v) is 4.81. The molecule has 0 aromatic rings. The first-order valence-electron chi connectivity index (χ1n) is 6.37. The van der Waals surface area contributed by atoms with Gasteiger partial charge in [-0.25, -0.2) is 0 Å². The zero-order chi connectivity index (χ0) is 11.7. The van der Waals surface area contributed by atoms with Crippen molar-refractivity contribution in [3.63, 3.8) is 0 Å². The van der Waals surface area contributed by atoms with Crippen molar-refractivity contribution >= 4 is 0 Å². The van der Waals surface area contributed by atoms with E-state index in [-0.39, 0.29) is 5.60 Å². The highest BCUT2D eigenvalue weighted by atomic mass is 16.5. The number of ether oxygens (including phenoxy) is 1. The smallest absolute Gasteiger partial charge is 0.0774 e. The van der Waals surface area contributed by atoms with Gasteiger partial charge in [0.05, 0.1) is 5.60 Å². The first-order valence-corrected chi connectivity index (χ1v) is 6.37. The highest BCUT2D eigenvalue weighted by Crippen LogP contribution is 2.19. The maximum Gasteiger partial charge on any atom is 0.0774 e. The van der Waals surface area contributed by atoms with Gasteiger partial charge in [-0.2, -0.15) is 0 Å². The van der Waals surface area contributed by atoms with Crippen LogP contribution in [0, 0.1) is 0 Å². The van der Waals surface area contributed by atoms with Gasteiger partial charge < -0.3 is 10.1 Å². The summed E-state index contributed by atoms with van der Waals surface area (Å²) in [5.74, 6) is 0. The van der Waals surface area contributed by atoms with E-state index in [4.69, 9.17) is 4.74 Å². The van der Waals surface area contributed by atoms with Gasteiger partial charge in [-0.3, -0.25) is 0 Å². The predicted molar refractivity (Wildman–Crippen MR) is 67.3 cm³/mol. The van der Waals surface area contributed by atoms with Crippen LogP contribution in [-0.2, 0) is 4.74 Å². The molecule has 0 aliphatic heterocycles. The van der Waals surface area contributed by atoms with Crippen LogP contribution in [0.5, 0.6) is 0 Å². The number of rotatable bonds is 9. The number of unbranched alkanes of at least 4 members (excludes halogenated alkanes) is 2. The Labute approximate surface area is 95.8 Å². The summed E-state index contributed by atoms with van der Waals surface area (Å²) in [4.78, 5) is 0. The third-order valence-corrected chi connectivity index (χ3v) is 3.10. The fourth-order valence-corrected chi connectivity index (χ4v) is 1.75. The van der Waals surface area contributed by atoms with E-state index in [2.05, 4.69) is 33.0 Å². The van der Waals surface area contributed by atoms with Crippen molar-refractivity contribution in [1.82, 2.24) is 5.32 Å². The van der Waals surface area contributed by atoms with Gasteiger partial charge in [0.25, 0.3) is 0 Å². The molecule has 0 aromatic heterocycles. The van der Waals surface area contributed by atoms with Gasteiger partial charge in [-0.15, -0.1) is 0 Å². The van der Waals surface area contributed by atoms with Gasteiger partial charge >= 0.3 is 0 Å². The first kappa shape index (κ1) is 14.9. The Balaban J connectivity index is 4.05. The van der Waals surface area contributed by atoms with Gasteiger partial charge in [-0.1, -0.05) is 33.1 Å². The lowest BCUT2D eigenvalue weighted by molar-refractivity contribution is -0.0130. The molecule has 0 rings (SSSR count). The lowest BCUT2D eigenvalue weighted by Gasteiger charge is -2.34. The average Bonchev–Trinajstić information content (AvgIpc) is 2.23. The molecule has 2 nitrogen and oxygen atoms in total. The van der Waals surface area contributed by atoms with E-state index in [1.54, 1.807) is 7.11 Å². The number of nitrogens with one attached hydrogen (secondary N) is 1. The average molecular weight is 215 g/mol. The maximum atomic E-state index is 5.57. The van der Waals surface area contributed by atoms with Crippen LogP contribution in [0.3, 0.4) is 0 Å². The van der Waals surface area contributed by atoms with E-state index in [0.29, 0.717) is 6.04 Å². The standard InChI is InChI=1S/C13H29NO/c1-6-8-9-10-12(14-11-7-2)13(3,4)15-5/h12,14H,6-11H2,1-5H3. The van der Waals surface area contributed by atoms with Crippen molar-refractivity contribution in [2.45, 2.75) is 71.4 Å². The monoisotopic (exact) mass is 215 g/mol. The molecule has 1 atom stereocenters. The summed E-state index contributed by atoms with van der Waals surface area (Å²) in [5.41, 5.74) is -0.0527. The van der Waals surface area contributed by atoms with Crippen molar-refractivity contribution in [2.24, 2.45) is 0 Å². The summed E-state index contributed by atoms with van der Waals surface area (Å²) >= 11 is 0. The quantitative estimate of drug-likeness (QED) is 0.595. The molecule has 2 heteroatoms. The van der Waals surface area contributed by atoms with E-state index < -0.39 is 0 Å². The van der Waals surface area contributed by atoms with Gasteiger partial charge in [0.15, 0.2) is 0 Å². The molecule has 92 valence electrons. The minimum Gasteiger partial charge on any atom is -0.377 e. The van der Waals surface area contributed by atoms with E-state index in [0.717, 1.165) is 6.54 Å². The van der Waals surface area contributed by atoms with Crippen LogP contribution in [0.25, 0.3) is 0 Å². The molecular formula is C13H29NO. The molecular weight excluding hydrogens is 186 g/mol. The van der Waals surface area contributed by atoms with Crippen molar-refractivity contribution < 1.29 is 4.74 Å². The van der Waals surface area contributed by atoms with Crippen LogP contribution in [0.1, 0.15) is 59.8 Å². The Morgan fingerprint density at radius 1 is 1.13 bits per heavy atom. The summed E-state index contributed by atoms with van der Waals surface area (Å²) in [6, 6.07) is 0.481. The normalized spacial score (nSPS) is 14.2. The molecule has 0 aromatic carbocycles. The zero-order valence-corrected chi connectivity index (χ0v) is 11.2. The highest BCUT2D eigenvalue weighted by Gasteiger charge is 2.27. The summed E-state index contributed by atoms with van der Waals surface area (Å²) in [6.45, 7) is 9.88. The molecule has 0 amide bonds. The van der Waals surface area contributed by atoms with Crippen molar-refractivity contribution in [2.75, 3.05) is 13.7 Å². The van der Waals surface area contributed by atoms with Crippen LogP contribution in [0.2, 0.25) is 0 Å². The maximum absolute atomic E-state index is 5.57. The molecule has 0 bridgehead atoms. The Morgan fingerprint density at radius 2 is 1.80 bits per heavy atom. The summed E-state index contributed by atoms with van der Waals surface area (Å²) in [6.07, 6.45) is 6.31. The summed E-state index contributed by atoms with van der Waals surface area (Å²) in [7, 11) is 1.81. The van der Waals surface area contributed by atoms with Crippen molar-refractivity contribution in [1.29, 1.82) is 0 Å². The zero-order valence-electron chi connectivity index (χ0n) is 11.2. The fraction of sp³-hybridized carbons (Fsp3) is 1.00. The third-order valence-electron chi connectivity index (χ3n) is 3.10. The Bertz CT molecular complexity index is 145. The van der Waals surface area contributed by atoms with Crippen LogP contribution in [-0.4, -0.2) is 25.3 Å². The van der Waals surface area contributed by atoms with Gasteiger partial charge in [0.2, 0.25) is 0 Å². The Morgan fingerprint density at radius 3 is 2.27 bits per heavy atom. The van der Waals surface area contributed by atoms with E-state index >= 15 is 0 Å². The molecule has 15 heavy (non-hydrogen) atoms. The molecule has 0 spiro atoms. The second-order valence-electron chi connectivity index (χ2n) is 4.81. The molecule has 1 N–H and O–H groups in total. The molecule has 0 aliphatic carbocycles. The summed E-state index contributed by atoms with van der Waals surface area (Å²) < 4.78 is 5.57. The fourth-order valence-electron chi connectivity index (χ4n) is 1.75. The highest BCUT2D eigenvalue weighted by molar-refractivity contribution is 4.85. The molecule has 1 unspecified atom stereocenters. The minimum absolute atomic E-state index is 0.0527. The van der Waals surface area contributed by atoms with E-state index in [1.807, 2.05) is 0 Å². The van der Waals surface area contributed by atoms with E-state index in [1.165, 1.54) is 32.1 Å². The van der Waals surface area contributed by atoms with Crippen molar-refractivity contribution in [3.05, 3.63) is 0 Å². The Kier molecular flexibility index (Phi) is 8.07. The number of hydrogen-bond donors (Lipinski definition) is 1. The first-order chi connectivity index (χ1) is 7.08. The van der Waals surface area contributed by atoms with Crippen LogP contribution >= 0.6 is 0 Å². The molecule has 0 saturated heterocycles. The van der Waals surface area contributed by atoms with Crippen molar-refractivity contribution in [3.8, 4) is 0 Å². The Hall–Kier alpha value is -0.0800. The molecule has 0 fully saturated rings. The predicted octanol–water partition coefficient (Wildman–Crippen LogP) is 3.36. The minimum atomic E-state index is -0.0527. The SMILES string of the molecule is CCCCCC(NCCC)C(C)(C)OC. The lowest BCUT2D eigenvalue weighted by atomic mass is 9.93. The van der Waals surface area contributed by atoms with Crippen LogP contribution < -0.4 is 5.32 Å². The molecule has 0 aliphatic rings. The van der Waals surface area contributed by atoms with Crippen LogP contribution in [0.4, 0.5) is 0 Å². The second kappa shape index (κ2) is 8.12. The summed E-state index contributed by atoms with van der Waals surface area (Å²) in [5, 5.41) is 3.59. The topological polar surface area (TPSA) is 21.3 Å². The molecule has 0 heterocycles. The van der Waals surface area contributed by atoms with Gasteiger partial charge in [-0.05, 0) is 33.2 Å². The van der Waals surface area contributed by atoms with Gasteiger partial charge in [0, 0.05) is 13.2 Å². The van der Waals surface area contributed by atoms with Gasteiger partial charge in [0.1, 0.15) is 0 Å².